The summed E-state index contributed by atoms with van der Waals surface area (Å²) in [6.45, 7) is 0.270. The Hall–Kier alpha value is -4.93. The van der Waals surface area contributed by atoms with E-state index in [-0.39, 0.29) is 44.2 Å². The van der Waals surface area contributed by atoms with Crippen molar-refractivity contribution in [2.45, 2.75) is 45.1 Å². The van der Waals surface area contributed by atoms with Crippen LogP contribution in [0.4, 0.5) is 5.69 Å². The van der Waals surface area contributed by atoms with Crippen molar-refractivity contribution in [1.29, 1.82) is 0 Å². The molecule has 0 aliphatic heterocycles. The highest BCUT2D eigenvalue weighted by molar-refractivity contribution is 6.33. The Balaban J connectivity index is 0.00000451. The third kappa shape index (κ3) is 5.65. The SMILES string of the molecule is C.CN(C)c1ccc(OCc2ccccc2)c2c1C[C@H]1C[C@H]3[C@H](N(C)C)C(OCc4ccccc4)=C(C(N)=O)C(=O)[C@@]3(O)C(=O)C1=C2O. The standard InChI is InChI=1S/C37H39N3O7.CH4/c1-39(2)26-15-16-27(46-19-21-11-7-5-8-12-21)29-24(26)17-23-18-25-31(40(3)4)33(47-20-22-13-9-6-10-14-22)30(36(38)44)35(43)37(25,45)34(42)28(23)32(29)41;/h5-16,23,25,31,41,45H,17-20H2,1-4H3,(H2,38,44);1H4/t23-,25-,31-,37-;/m0./s1. The van der Waals surface area contributed by atoms with Crippen molar-refractivity contribution in [2.24, 2.45) is 17.6 Å². The van der Waals surface area contributed by atoms with Crippen LogP contribution in [0.25, 0.3) is 5.76 Å². The Bertz CT molecular complexity index is 1800. The highest BCUT2D eigenvalue weighted by atomic mass is 16.5. The van der Waals surface area contributed by atoms with E-state index in [1.807, 2.05) is 85.7 Å². The largest absolute Gasteiger partial charge is 0.507 e. The maximum absolute atomic E-state index is 14.5. The molecule has 3 aliphatic carbocycles. The zero-order valence-electron chi connectivity index (χ0n) is 26.9. The summed E-state index contributed by atoms with van der Waals surface area (Å²) in [5.74, 6) is -4.64. The summed E-state index contributed by atoms with van der Waals surface area (Å²) in [6.07, 6.45) is 0.506. The van der Waals surface area contributed by atoms with Crippen molar-refractivity contribution in [3.8, 4) is 5.75 Å². The van der Waals surface area contributed by atoms with E-state index in [1.54, 1.807) is 25.1 Å². The lowest BCUT2D eigenvalue weighted by Gasteiger charge is -2.50. The number of likely N-dealkylation sites (N-methyl/N-ethyl adjacent to an activating group) is 1. The zero-order chi connectivity index (χ0) is 33.6. The molecule has 3 aliphatic rings. The van der Waals surface area contributed by atoms with Gasteiger partial charge in [0.1, 0.15) is 36.1 Å². The number of Topliss-reactive ketones (excluding diaryl/α,β-unsaturated/α-hetero) is 2. The molecule has 4 atom stereocenters. The summed E-state index contributed by atoms with van der Waals surface area (Å²) < 4.78 is 12.4. The van der Waals surface area contributed by atoms with Crippen LogP contribution in [-0.4, -0.2) is 72.4 Å². The number of primary amides is 1. The first-order chi connectivity index (χ1) is 22.4. The molecule has 4 N–H and O–H groups in total. The Kier molecular flexibility index (Phi) is 9.53. The molecule has 3 aromatic carbocycles. The van der Waals surface area contributed by atoms with Gasteiger partial charge in [0.05, 0.1) is 11.6 Å². The van der Waals surface area contributed by atoms with Gasteiger partial charge in [0.2, 0.25) is 11.6 Å². The van der Waals surface area contributed by atoms with Crippen LogP contribution in [0.3, 0.4) is 0 Å². The number of rotatable bonds is 9. The fraction of sp³-hybridized carbons (Fsp3) is 0.342. The van der Waals surface area contributed by atoms with Crippen LogP contribution in [0, 0.1) is 11.8 Å². The number of carbonyl (C=O) groups excluding carboxylic acids is 3. The number of carbonyl (C=O) groups is 3. The molecule has 0 aromatic heterocycles. The number of nitrogens with two attached hydrogens (primary N) is 1. The van der Waals surface area contributed by atoms with E-state index in [9.17, 15) is 24.6 Å². The Morgan fingerprint density at radius 3 is 2.02 bits per heavy atom. The van der Waals surface area contributed by atoms with Crippen molar-refractivity contribution in [3.63, 3.8) is 0 Å². The van der Waals surface area contributed by atoms with Crippen molar-refractivity contribution >= 4 is 28.9 Å². The predicted molar refractivity (Wildman–Crippen MR) is 183 cm³/mol. The van der Waals surface area contributed by atoms with Crippen molar-refractivity contribution < 1.29 is 34.1 Å². The van der Waals surface area contributed by atoms with Crippen molar-refractivity contribution in [3.05, 3.63) is 112 Å². The summed E-state index contributed by atoms with van der Waals surface area (Å²) in [7, 11) is 7.26. The van der Waals surface area contributed by atoms with Gasteiger partial charge < -0.3 is 30.3 Å². The molecular weight excluding hydrogens is 610 g/mol. The average molecular weight is 654 g/mol. The van der Waals surface area contributed by atoms with Crippen LogP contribution in [0.5, 0.6) is 5.75 Å². The molecule has 0 spiro atoms. The second-order valence-corrected chi connectivity index (χ2v) is 12.8. The van der Waals surface area contributed by atoms with E-state index in [4.69, 9.17) is 15.2 Å². The summed E-state index contributed by atoms with van der Waals surface area (Å²) in [5.41, 5.74) is 6.20. The maximum Gasteiger partial charge on any atom is 0.255 e. The predicted octanol–water partition coefficient (Wildman–Crippen LogP) is 4.20. The molecule has 0 unspecified atom stereocenters. The first-order valence-electron chi connectivity index (χ1n) is 15.6. The van der Waals surface area contributed by atoms with Gasteiger partial charge in [0.25, 0.3) is 5.91 Å². The lowest BCUT2D eigenvalue weighted by Crippen LogP contribution is -2.67. The van der Waals surface area contributed by atoms with Gasteiger partial charge >= 0.3 is 0 Å². The number of hydrogen-bond donors (Lipinski definition) is 3. The average Bonchev–Trinajstić information content (AvgIpc) is 3.04. The number of benzene rings is 3. The summed E-state index contributed by atoms with van der Waals surface area (Å²) in [5, 5.41) is 24.1. The molecule has 6 rings (SSSR count). The molecule has 10 nitrogen and oxygen atoms in total. The molecule has 0 bridgehead atoms. The van der Waals surface area contributed by atoms with Crippen molar-refractivity contribution in [2.75, 3.05) is 33.1 Å². The highest BCUT2D eigenvalue weighted by Gasteiger charge is 2.65. The monoisotopic (exact) mass is 653 g/mol. The summed E-state index contributed by atoms with van der Waals surface area (Å²) >= 11 is 0. The number of nitrogens with zero attached hydrogens (tertiary/aromatic N) is 2. The van der Waals surface area contributed by atoms with Gasteiger partial charge in [-0.05, 0) is 61.7 Å². The lowest BCUT2D eigenvalue weighted by molar-refractivity contribution is -0.162. The zero-order valence-corrected chi connectivity index (χ0v) is 26.9. The molecule has 252 valence electrons. The Morgan fingerprint density at radius 1 is 0.896 bits per heavy atom. The number of fused-ring (bicyclic) bond motifs is 3. The van der Waals surface area contributed by atoms with Gasteiger partial charge in [-0.2, -0.15) is 0 Å². The van der Waals surface area contributed by atoms with Crippen molar-refractivity contribution in [1.82, 2.24) is 4.90 Å². The molecule has 0 radical (unpaired) electrons. The number of aliphatic hydroxyl groups is 2. The van der Waals surface area contributed by atoms with Crippen LogP contribution in [0.2, 0.25) is 0 Å². The normalized spacial score (nSPS) is 23.2. The highest BCUT2D eigenvalue weighted by Crippen LogP contribution is 2.53. The van der Waals surface area contributed by atoms with E-state index in [1.165, 1.54) is 0 Å². The van der Waals surface area contributed by atoms with Crippen LogP contribution in [-0.2, 0) is 38.8 Å². The maximum atomic E-state index is 14.5. The van der Waals surface area contributed by atoms with Crippen LogP contribution >= 0.6 is 0 Å². The van der Waals surface area contributed by atoms with Gasteiger partial charge in [-0.1, -0.05) is 68.1 Å². The topological polar surface area (TPSA) is 143 Å². The molecule has 0 saturated heterocycles. The molecular formula is C38H43N3O7. The quantitative estimate of drug-likeness (QED) is 0.229. The molecule has 0 heterocycles. The van der Waals surface area contributed by atoms with E-state index >= 15 is 0 Å². The smallest absolute Gasteiger partial charge is 0.255 e. The number of aliphatic hydroxyl groups excluding tert-OH is 1. The molecule has 10 heteroatoms. The minimum atomic E-state index is -2.65. The van der Waals surface area contributed by atoms with Crippen LogP contribution in [0.15, 0.2) is 89.7 Å². The number of amides is 1. The van der Waals surface area contributed by atoms with Gasteiger partial charge in [0, 0.05) is 31.3 Å². The molecule has 1 fully saturated rings. The number of anilines is 1. The van der Waals surface area contributed by atoms with Gasteiger partial charge in [0.15, 0.2) is 5.60 Å². The van der Waals surface area contributed by atoms with Crippen LogP contribution in [0.1, 0.15) is 36.1 Å². The molecule has 1 amide bonds. The fourth-order valence-electron chi connectivity index (χ4n) is 7.36. The number of hydrogen-bond acceptors (Lipinski definition) is 9. The van der Waals surface area contributed by atoms with E-state index in [0.29, 0.717) is 17.7 Å². The van der Waals surface area contributed by atoms with Gasteiger partial charge in [-0.3, -0.25) is 19.3 Å². The molecule has 48 heavy (non-hydrogen) atoms. The number of ether oxygens (including phenoxy) is 2. The second-order valence-electron chi connectivity index (χ2n) is 12.8. The lowest BCUT2D eigenvalue weighted by atomic mass is 9.57. The third-order valence-electron chi connectivity index (χ3n) is 9.49. The molecule has 3 aromatic rings. The second kappa shape index (κ2) is 13.3. The molecule has 1 saturated carbocycles. The van der Waals surface area contributed by atoms with Gasteiger partial charge in [-0.15, -0.1) is 0 Å². The van der Waals surface area contributed by atoms with Crippen LogP contribution < -0.4 is 15.4 Å². The fourth-order valence-corrected chi connectivity index (χ4v) is 7.36. The van der Waals surface area contributed by atoms with E-state index in [2.05, 4.69) is 0 Å². The first-order valence-corrected chi connectivity index (χ1v) is 15.6. The summed E-state index contributed by atoms with van der Waals surface area (Å²) in [6, 6.07) is 21.6. The minimum Gasteiger partial charge on any atom is -0.507 e. The Labute approximate surface area is 281 Å². The summed E-state index contributed by atoms with van der Waals surface area (Å²) in [4.78, 5) is 45.2. The van der Waals surface area contributed by atoms with Gasteiger partial charge in [-0.25, -0.2) is 0 Å². The first kappa shape index (κ1) is 34.4. The Morgan fingerprint density at radius 2 is 1.48 bits per heavy atom. The third-order valence-corrected chi connectivity index (χ3v) is 9.49. The van der Waals surface area contributed by atoms with E-state index in [0.717, 1.165) is 22.4 Å². The minimum absolute atomic E-state index is 0. The van der Waals surface area contributed by atoms with E-state index < -0.39 is 46.5 Å². The number of ketones is 2.